The summed E-state index contributed by atoms with van der Waals surface area (Å²) < 4.78 is 7.76. The Bertz CT molecular complexity index is 3490. The molecule has 3 heteroatoms. The largest absolute Gasteiger partial charge is 0.309 e. The van der Waals surface area contributed by atoms with E-state index in [1.165, 1.54) is 107 Å². The summed E-state index contributed by atoms with van der Waals surface area (Å²) in [5.74, 6) is 0. The van der Waals surface area contributed by atoms with Crippen LogP contribution in [-0.2, 0) is 0 Å². The van der Waals surface area contributed by atoms with E-state index >= 15 is 0 Å². The maximum atomic E-state index is 2.40. The van der Waals surface area contributed by atoms with Gasteiger partial charge in [-0.25, -0.2) is 0 Å². The number of fused-ring (bicyclic) bond motifs is 9. The van der Waals surface area contributed by atoms with Crippen molar-refractivity contribution in [2.24, 2.45) is 0 Å². The van der Waals surface area contributed by atoms with Gasteiger partial charge in [0.05, 0.1) is 11.0 Å². The molecule has 0 aliphatic rings. The van der Waals surface area contributed by atoms with Crippen LogP contribution in [0.5, 0.6) is 0 Å². The van der Waals surface area contributed by atoms with E-state index in [1.807, 2.05) is 22.7 Å². The molecule has 0 bridgehead atoms. The zero-order valence-corrected chi connectivity index (χ0v) is 32.4. The van der Waals surface area contributed by atoms with Crippen LogP contribution < -0.4 is 0 Å². The Kier molecular flexibility index (Phi) is 7.34. The van der Waals surface area contributed by atoms with Crippen LogP contribution >= 0.6 is 22.7 Å². The van der Waals surface area contributed by atoms with Crippen molar-refractivity contribution >= 4 is 84.8 Å². The fourth-order valence-corrected chi connectivity index (χ4v) is 10.9. The molecule has 0 fully saturated rings. The van der Waals surface area contributed by atoms with E-state index in [9.17, 15) is 0 Å². The molecule has 0 aliphatic heterocycles. The van der Waals surface area contributed by atoms with E-state index < -0.39 is 0 Å². The van der Waals surface area contributed by atoms with Crippen molar-refractivity contribution in [1.29, 1.82) is 0 Å². The summed E-state index contributed by atoms with van der Waals surface area (Å²) in [4.78, 5) is 0. The average Bonchev–Trinajstić information content (AvgIpc) is 3.95. The van der Waals surface area contributed by atoms with E-state index in [-0.39, 0.29) is 0 Å². The molecule has 57 heavy (non-hydrogen) atoms. The molecule has 0 aliphatic carbocycles. The summed E-state index contributed by atoms with van der Waals surface area (Å²) in [6.07, 6.45) is 0. The zero-order valence-electron chi connectivity index (χ0n) is 30.8. The van der Waals surface area contributed by atoms with Crippen molar-refractivity contribution in [2.75, 3.05) is 0 Å². The quantitative estimate of drug-likeness (QED) is 0.165. The molecular formula is C54H33NS2. The number of benzene rings is 9. The van der Waals surface area contributed by atoms with Gasteiger partial charge in [-0.2, -0.15) is 0 Å². The first kappa shape index (κ1) is 32.5. The van der Waals surface area contributed by atoms with Crippen molar-refractivity contribution in [3.8, 4) is 50.2 Å². The predicted octanol–water partition coefficient (Wildman–Crippen LogP) is 16.2. The van der Waals surface area contributed by atoms with E-state index in [2.05, 4.69) is 205 Å². The highest BCUT2D eigenvalue weighted by Gasteiger charge is 2.14. The van der Waals surface area contributed by atoms with Crippen molar-refractivity contribution in [3.63, 3.8) is 0 Å². The Morgan fingerprint density at radius 2 is 0.596 bits per heavy atom. The van der Waals surface area contributed by atoms with Crippen LogP contribution in [0.3, 0.4) is 0 Å². The summed E-state index contributed by atoms with van der Waals surface area (Å²) in [6, 6.07) is 73.9. The normalized spacial score (nSPS) is 11.9. The molecule has 3 aromatic heterocycles. The van der Waals surface area contributed by atoms with E-state index in [1.54, 1.807) is 0 Å². The molecule has 1 nitrogen and oxygen atoms in total. The summed E-state index contributed by atoms with van der Waals surface area (Å²) >= 11 is 3.73. The first-order valence-electron chi connectivity index (χ1n) is 19.4. The first-order valence-corrected chi connectivity index (χ1v) is 21.0. The molecule has 266 valence electrons. The highest BCUT2D eigenvalue weighted by molar-refractivity contribution is 7.26. The molecule has 12 rings (SSSR count). The Hall–Kier alpha value is -6.78. The number of aromatic nitrogens is 1. The minimum absolute atomic E-state index is 1.16. The fourth-order valence-electron chi connectivity index (χ4n) is 8.76. The molecule has 0 spiro atoms. The lowest BCUT2D eigenvalue weighted by Crippen LogP contribution is -1.93. The van der Waals surface area contributed by atoms with Crippen LogP contribution in [0.4, 0.5) is 0 Å². The maximum absolute atomic E-state index is 2.40. The lowest BCUT2D eigenvalue weighted by atomic mass is 9.98. The molecule has 12 aromatic rings. The Balaban J connectivity index is 0.845. The number of para-hydroxylation sites is 1. The number of thiophene rings is 2. The highest BCUT2D eigenvalue weighted by Crippen LogP contribution is 2.40. The van der Waals surface area contributed by atoms with Crippen molar-refractivity contribution in [1.82, 2.24) is 4.57 Å². The molecule has 0 amide bonds. The molecular weight excluding hydrogens is 727 g/mol. The van der Waals surface area contributed by atoms with Gasteiger partial charge in [-0.1, -0.05) is 133 Å². The van der Waals surface area contributed by atoms with Crippen LogP contribution in [0.2, 0.25) is 0 Å². The van der Waals surface area contributed by atoms with Gasteiger partial charge in [0.15, 0.2) is 0 Å². The van der Waals surface area contributed by atoms with Crippen LogP contribution in [-0.4, -0.2) is 4.57 Å². The van der Waals surface area contributed by atoms with Crippen molar-refractivity contribution in [2.45, 2.75) is 0 Å². The van der Waals surface area contributed by atoms with E-state index in [0.29, 0.717) is 0 Å². The van der Waals surface area contributed by atoms with Crippen LogP contribution in [0.1, 0.15) is 0 Å². The lowest BCUT2D eigenvalue weighted by molar-refractivity contribution is 1.18. The number of hydrogen-bond donors (Lipinski definition) is 0. The highest BCUT2D eigenvalue weighted by atomic mass is 32.1. The SMILES string of the molecule is c1ccc2c(c1)sc1ccc(-c3ccc(-c4ccc(-n5c6ccccc6c6cc(-c7ccc(-c8ccc9sc%10ccccc%10c9c8)cc7)ccc65)cc4)cc3)cc12. The molecule has 9 aromatic carbocycles. The van der Waals surface area contributed by atoms with Gasteiger partial charge in [0.2, 0.25) is 0 Å². The Morgan fingerprint density at radius 1 is 0.246 bits per heavy atom. The third kappa shape index (κ3) is 5.35. The van der Waals surface area contributed by atoms with Gasteiger partial charge >= 0.3 is 0 Å². The van der Waals surface area contributed by atoms with Gasteiger partial charge < -0.3 is 4.57 Å². The van der Waals surface area contributed by atoms with Gasteiger partial charge in [0.1, 0.15) is 0 Å². The maximum Gasteiger partial charge on any atom is 0.0541 e. The predicted molar refractivity (Wildman–Crippen MR) is 248 cm³/mol. The number of hydrogen-bond acceptors (Lipinski definition) is 2. The second-order valence-corrected chi connectivity index (χ2v) is 17.1. The third-order valence-electron chi connectivity index (χ3n) is 11.7. The van der Waals surface area contributed by atoms with Crippen LogP contribution in [0, 0.1) is 0 Å². The van der Waals surface area contributed by atoms with Gasteiger partial charge in [-0.05, 0) is 111 Å². The van der Waals surface area contributed by atoms with Crippen molar-refractivity contribution < 1.29 is 0 Å². The molecule has 3 heterocycles. The lowest BCUT2D eigenvalue weighted by Gasteiger charge is -2.11. The Labute approximate surface area is 338 Å². The molecule has 0 atom stereocenters. The minimum Gasteiger partial charge on any atom is -0.309 e. The number of rotatable bonds is 5. The second kappa shape index (κ2) is 12.9. The van der Waals surface area contributed by atoms with Crippen molar-refractivity contribution in [3.05, 3.63) is 200 Å². The zero-order chi connectivity index (χ0) is 37.5. The van der Waals surface area contributed by atoms with Crippen LogP contribution in [0.15, 0.2) is 200 Å². The van der Waals surface area contributed by atoms with Crippen LogP contribution in [0.25, 0.3) is 112 Å². The topological polar surface area (TPSA) is 4.93 Å². The summed E-state index contributed by atoms with van der Waals surface area (Å²) in [5, 5.41) is 7.86. The molecule has 0 radical (unpaired) electrons. The summed E-state index contributed by atoms with van der Waals surface area (Å²) in [6.45, 7) is 0. The average molecular weight is 760 g/mol. The molecule has 0 unspecified atom stereocenters. The molecule has 0 saturated carbocycles. The Morgan fingerprint density at radius 3 is 1.12 bits per heavy atom. The number of nitrogens with zero attached hydrogens (tertiary/aromatic N) is 1. The second-order valence-electron chi connectivity index (χ2n) is 14.9. The van der Waals surface area contributed by atoms with E-state index in [0.717, 1.165) is 5.69 Å². The van der Waals surface area contributed by atoms with E-state index in [4.69, 9.17) is 0 Å². The smallest absolute Gasteiger partial charge is 0.0541 e. The van der Waals surface area contributed by atoms with Gasteiger partial charge in [-0.15, -0.1) is 22.7 Å². The standard InChI is InChI=1S/C54H33NS2/c1-4-10-49-43(7-1)46-31-39(36-17-19-38(20-18-36)41-25-30-54-48(33-41)45-9-3-6-12-52(45)57-54)23-28-50(46)55(49)42-26-21-35(22-27-42)34-13-15-37(16-14-34)40-24-29-53-47(32-40)44-8-2-5-11-51(44)56-53/h1-33H. The van der Waals surface area contributed by atoms with Gasteiger partial charge in [0.25, 0.3) is 0 Å². The van der Waals surface area contributed by atoms with Gasteiger partial charge in [0, 0.05) is 56.8 Å². The summed E-state index contributed by atoms with van der Waals surface area (Å²) in [5.41, 5.74) is 13.4. The minimum atomic E-state index is 1.16. The monoisotopic (exact) mass is 759 g/mol. The fraction of sp³-hybridized carbons (Fsp3) is 0. The molecule has 0 saturated heterocycles. The first-order chi connectivity index (χ1) is 28.2. The summed E-state index contributed by atoms with van der Waals surface area (Å²) in [7, 11) is 0. The molecule has 0 N–H and O–H groups in total. The third-order valence-corrected chi connectivity index (χ3v) is 14.0. The van der Waals surface area contributed by atoms with Gasteiger partial charge in [-0.3, -0.25) is 0 Å².